The number of aryl methyl sites for hydroxylation is 1. The predicted octanol–water partition coefficient (Wildman–Crippen LogP) is 4.33. The summed E-state index contributed by atoms with van der Waals surface area (Å²) in [7, 11) is 0. The van der Waals surface area contributed by atoms with Crippen LogP contribution < -0.4 is 5.32 Å². The first-order valence-electron chi connectivity index (χ1n) is 5.60. The van der Waals surface area contributed by atoms with Crippen molar-refractivity contribution < 1.29 is 0 Å². The average Bonchev–Trinajstić information content (AvgIpc) is 2.33. The second-order valence-corrected chi connectivity index (χ2v) is 5.05. The van der Waals surface area contributed by atoms with Crippen molar-refractivity contribution in [2.75, 3.05) is 5.32 Å². The summed E-state index contributed by atoms with van der Waals surface area (Å²) >= 11 is 3.37. The highest BCUT2D eigenvalue weighted by Gasteiger charge is 2.05. The highest BCUT2D eigenvalue weighted by Crippen LogP contribution is 2.19. The number of pyridine rings is 1. The van der Waals surface area contributed by atoms with E-state index in [0.717, 1.165) is 10.3 Å². The van der Waals surface area contributed by atoms with Crippen molar-refractivity contribution in [2.45, 2.75) is 19.9 Å². The number of hydrogen-bond acceptors (Lipinski definition) is 2. The molecule has 0 amide bonds. The summed E-state index contributed by atoms with van der Waals surface area (Å²) in [4.78, 5) is 4.30. The highest BCUT2D eigenvalue weighted by atomic mass is 79.9. The number of anilines is 1. The van der Waals surface area contributed by atoms with Crippen molar-refractivity contribution in [1.29, 1.82) is 0 Å². The van der Waals surface area contributed by atoms with E-state index in [9.17, 15) is 0 Å². The molecule has 3 heteroatoms. The Balaban J connectivity index is 2.08. The fourth-order valence-corrected chi connectivity index (χ4v) is 1.86. The van der Waals surface area contributed by atoms with Crippen LogP contribution in [0.25, 0.3) is 0 Å². The quantitative estimate of drug-likeness (QED) is 0.910. The van der Waals surface area contributed by atoms with Crippen molar-refractivity contribution in [1.82, 2.24) is 4.98 Å². The standard InChI is InChI=1S/C14H15BrN2/c1-10-3-5-12(6-4-10)11(2)17-14-8-7-13(15)9-16-14/h3-9,11H,1-2H3,(H,16,17). The molecule has 0 fully saturated rings. The molecule has 0 aliphatic rings. The zero-order valence-corrected chi connectivity index (χ0v) is 11.5. The van der Waals surface area contributed by atoms with Gasteiger partial charge in [-0.3, -0.25) is 0 Å². The van der Waals surface area contributed by atoms with E-state index in [1.165, 1.54) is 11.1 Å². The average molecular weight is 291 g/mol. The van der Waals surface area contributed by atoms with E-state index >= 15 is 0 Å². The first-order valence-corrected chi connectivity index (χ1v) is 6.39. The number of rotatable bonds is 3. The van der Waals surface area contributed by atoms with Gasteiger partial charge in [0.2, 0.25) is 0 Å². The van der Waals surface area contributed by atoms with Crippen LogP contribution in [0, 0.1) is 6.92 Å². The van der Waals surface area contributed by atoms with Crippen LogP contribution in [-0.2, 0) is 0 Å². The number of hydrogen-bond donors (Lipinski definition) is 1. The van der Waals surface area contributed by atoms with E-state index in [2.05, 4.69) is 64.3 Å². The molecule has 0 bridgehead atoms. The fraction of sp³-hybridized carbons (Fsp3) is 0.214. The van der Waals surface area contributed by atoms with Crippen molar-refractivity contribution in [3.8, 4) is 0 Å². The zero-order valence-electron chi connectivity index (χ0n) is 9.94. The molecule has 1 heterocycles. The molecule has 0 saturated carbocycles. The van der Waals surface area contributed by atoms with Crippen molar-refractivity contribution in [3.05, 3.63) is 58.2 Å². The van der Waals surface area contributed by atoms with E-state index in [-0.39, 0.29) is 6.04 Å². The maximum Gasteiger partial charge on any atom is 0.126 e. The minimum absolute atomic E-state index is 0.254. The molecule has 2 nitrogen and oxygen atoms in total. The maximum atomic E-state index is 4.30. The molecule has 0 aliphatic heterocycles. The van der Waals surface area contributed by atoms with E-state index in [0.29, 0.717) is 0 Å². The number of nitrogens with zero attached hydrogens (tertiary/aromatic N) is 1. The molecule has 1 N–H and O–H groups in total. The van der Waals surface area contributed by atoms with Crippen LogP contribution in [0.4, 0.5) is 5.82 Å². The van der Waals surface area contributed by atoms with Gasteiger partial charge in [-0.05, 0) is 47.5 Å². The van der Waals surface area contributed by atoms with E-state index in [1.807, 2.05) is 12.1 Å². The van der Waals surface area contributed by atoms with Gasteiger partial charge in [-0.2, -0.15) is 0 Å². The molecule has 1 atom stereocenters. The SMILES string of the molecule is Cc1ccc(C(C)Nc2ccc(Br)cn2)cc1. The molecule has 0 aliphatic carbocycles. The zero-order chi connectivity index (χ0) is 12.3. The number of nitrogens with one attached hydrogen (secondary N) is 1. The Morgan fingerprint density at radius 2 is 1.82 bits per heavy atom. The van der Waals surface area contributed by atoms with Crippen LogP contribution >= 0.6 is 15.9 Å². The molecule has 2 aromatic rings. The molecule has 0 spiro atoms. The van der Waals surface area contributed by atoms with Crippen molar-refractivity contribution in [3.63, 3.8) is 0 Å². The van der Waals surface area contributed by atoms with Gasteiger partial charge < -0.3 is 5.32 Å². The van der Waals surface area contributed by atoms with E-state index in [4.69, 9.17) is 0 Å². The Hall–Kier alpha value is -1.35. The Morgan fingerprint density at radius 1 is 1.12 bits per heavy atom. The lowest BCUT2D eigenvalue weighted by Crippen LogP contribution is -2.07. The van der Waals surface area contributed by atoms with Gasteiger partial charge >= 0.3 is 0 Å². The van der Waals surface area contributed by atoms with Crippen LogP contribution in [0.2, 0.25) is 0 Å². The normalized spacial score (nSPS) is 12.2. The Morgan fingerprint density at radius 3 is 2.41 bits per heavy atom. The van der Waals surface area contributed by atoms with E-state index in [1.54, 1.807) is 6.20 Å². The molecule has 0 saturated heterocycles. The maximum absolute atomic E-state index is 4.30. The summed E-state index contributed by atoms with van der Waals surface area (Å²) in [5, 5.41) is 3.37. The van der Waals surface area contributed by atoms with Crippen LogP contribution in [0.15, 0.2) is 47.1 Å². The van der Waals surface area contributed by atoms with E-state index < -0.39 is 0 Å². The summed E-state index contributed by atoms with van der Waals surface area (Å²) in [5.74, 6) is 0.890. The Kier molecular flexibility index (Phi) is 3.79. The van der Waals surface area contributed by atoms with Crippen LogP contribution in [0.5, 0.6) is 0 Å². The number of benzene rings is 1. The molecule has 1 aromatic carbocycles. The minimum atomic E-state index is 0.254. The van der Waals surface area contributed by atoms with Crippen LogP contribution in [0.3, 0.4) is 0 Å². The second-order valence-electron chi connectivity index (χ2n) is 4.14. The lowest BCUT2D eigenvalue weighted by atomic mass is 10.1. The minimum Gasteiger partial charge on any atom is -0.364 e. The number of aromatic nitrogens is 1. The monoisotopic (exact) mass is 290 g/mol. The second kappa shape index (κ2) is 5.32. The third-order valence-corrected chi connectivity index (χ3v) is 3.14. The topological polar surface area (TPSA) is 24.9 Å². The molecule has 1 aromatic heterocycles. The summed E-state index contributed by atoms with van der Waals surface area (Å²) < 4.78 is 0.992. The largest absolute Gasteiger partial charge is 0.364 e. The lowest BCUT2D eigenvalue weighted by Gasteiger charge is -2.15. The molecule has 1 unspecified atom stereocenters. The van der Waals surface area contributed by atoms with Gasteiger partial charge in [0, 0.05) is 16.7 Å². The van der Waals surface area contributed by atoms with Gasteiger partial charge in [-0.15, -0.1) is 0 Å². The molecular weight excluding hydrogens is 276 g/mol. The Bertz CT molecular complexity index is 477. The lowest BCUT2D eigenvalue weighted by molar-refractivity contribution is 0.874. The smallest absolute Gasteiger partial charge is 0.126 e. The Labute approximate surface area is 110 Å². The van der Waals surface area contributed by atoms with Gasteiger partial charge in [0.25, 0.3) is 0 Å². The molecule has 17 heavy (non-hydrogen) atoms. The molecule has 2 rings (SSSR count). The van der Waals surface area contributed by atoms with Crippen LogP contribution in [0.1, 0.15) is 24.1 Å². The first kappa shape index (κ1) is 12.1. The third-order valence-electron chi connectivity index (χ3n) is 2.67. The highest BCUT2D eigenvalue weighted by molar-refractivity contribution is 9.10. The van der Waals surface area contributed by atoms with Crippen molar-refractivity contribution in [2.24, 2.45) is 0 Å². The third kappa shape index (κ3) is 3.30. The first-order chi connectivity index (χ1) is 8.15. The number of halogens is 1. The molecule has 88 valence electrons. The van der Waals surface area contributed by atoms with Gasteiger partial charge in [0.1, 0.15) is 5.82 Å². The predicted molar refractivity (Wildman–Crippen MR) is 75.2 cm³/mol. The summed E-state index contributed by atoms with van der Waals surface area (Å²) in [6.07, 6.45) is 1.80. The molecular formula is C14H15BrN2. The van der Waals surface area contributed by atoms with Gasteiger partial charge in [-0.25, -0.2) is 4.98 Å². The summed E-state index contributed by atoms with van der Waals surface area (Å²) in [6, 6.07) is 12.7. The van der Waals surface area contributed by atoms with Gasteiger partial charge in [-0.1, -0.05) is 29.8 Å². The van der Waals surface area contributed by atoms with Crippen LogP contribution in [-0.4, -0.2) is 4.98 Å². The van der Waals surface area contributed by atoms with Gasteiger partial charge in [0.05, 0.1) is 0 Å². The molecule has 0 radical (unpaired) electrons. The summed E-state index contributed by atoms with van der Waals surface area (Å²) in [5.41, 5.74) is 2.54. The van der Waals surface area contributed by atoms with Gasteiger partial charge in [0.15, 0.2) is 0 Å². The summed E-state index contributed by atoms with van der Waals surface area (Å²) in [6.45, 7) is 4.23. The van der Waals surface area contributed by atoms with Crippen molar-refractivity contribution >= 4 is 21.7 Å². The fourth-order valence-electron chi connectivity index (χ4n) is 1.62.